The van der Waals surface area contributed by atoms with Crippen molar-refractivity contribution < 1.29 is 18.7 Å². The molecule has 1 fully saturated rings. The second-order valence-corrected chi connectivity index (χ2v) is 7.52. The van der Waals surface area contributed by atoms with Gasteiger partial charge in [0.15, 0.2) is 23.2 Å². The Morgan fingerprint density at radius 2 is 1.93 bits per heavy atom. The maximum absolute atomic E-state index is 12.4. The maximum Gasteiger partial charge on any atom is 0.289 e. The third-order valence-electron chi connectivity index (χ3n) is 5.12. The summed E-state index contributed by atoms with van der Waals surface area (Å²) in [5.74, 6) is 2.36. The van der Waals surface area contributed by atoms with Crippen LogP contribution >= 0.6 is 11.6 Å². The SMILES string of the molecule is CN=C(NCc1cc(Cl)c2c(c1)OCCCO2)N1CCN(C(=O)c2ccco2)CC1. The van der Waals surface area contributed by atoms with E-state index in [2.05, 4.69) is 15.2 Å². The number of carbonyl (C=O) groups excluding carboxylic acids is 1. The number of halogens is 1. The monoisotopic (exact) mass is 432 g/mol. The van der Waals surface area contributed by atoms with Crippen molar-refractivity contribution >= 4 is 23.5 Å². The minimum atomic E-state index is -0.0792. The van der Waals surface area contributed by atoms with E-state index in [1.165, 1.54) is 6.26 Å². The predicted molar refractivity (Wildman–Crippen MR) is 113 cm³/mol. The fraction of sp³-hybridized carbons (Fsp3) is 0.429. The van der Waals surface area contributed by atoms with Crippen molar-refractivity contribution in [2.45, 2.75) is 13.0 Å². The number of hydrogen-bond donors (Lipinski definition) is 1. The largest absolute Gasteiger partial charge is 0.489 e. The van der Waals surface area contributed by atoms with Crippen LogP contribution in [0.15, 0.2) is 39.9 Å². The van der Waals surface area contributed by atoms with E-state index >= 15 is 0 Å². The molecule has 2 aromatic rings. The van der Waals surface area contributed by atoms with Crippen molar-refractivity contribution in [1.29, 1.82) is 0 Å². The second-order valence-electron chi connectivity index (χ2n) is 7.11. The minimum Gasteiger partial charge on any atom is -0.489 e. The van der Waals surface area contributed by atoms with E-state index in [-0.39, 0.29) is 5.91 Å². The molecule has 4 rings (SSSR count). The van der Waals surface area contributed by atoms with Gasteiger partial charge >= 0.3 is 0 Å². The number of nitrogens with one attached hydrogen (secondary N) is 1. The molecule has 0 bridgehead atoms. The average Bonchev–Trinajstić information content (AvgIpc) is 3.20. The third-order valence-corrected chi connectivity index (χ3v) is 5.40. The highest BCUT2D eigenvalue weighted by molar-refractivity contribution is 6.32. The number of carbonyl (C=O) groups is 1. The van der Waals surface area contributed by atoms with Crippen molar-refractivity contribution in [3.63, 3.8) is 0 Å². The van der Waals surface area contributed by atoms with E-state index in [4.69, 9.17) is 25.5 Å². The van der Waals surface area contributed by atoms with E-state index in [9.17, 15) is 4.79 Å². The summed E-state index contributed by atoms with van der Waals surface area (Å²) < 4.78 is 16.7. The van der Waals surface area contributed by atoms with Crippen LogP contribution in [0.4, 0.5) is 0 Å². The van der Waals surface area contributed by atoms with Crippen LogP contribution in [0.25, 0.3) is 0 Å². The number of benzene rings is 1. The molecule has 0 spiro atoms. The lowest BCUT2D eigenvalue weighted by atomic mass is 10.2. The number of guanidine groups is 1. The zero-order valence-electron chi connectivity index (χ0n) is 16.9. The first-order valence-electron chi connectivity index (χ1n) is 10.0. The van der Waals surface area contributed by atoms with Crippen molar-refractivity contribution in [1.82, 2.24) is 15.1 Å². The van der Waals surface area contributed by atoms with Gasteiger partial charge in [0.05, 0.1) is 24.5 Å². The summed E-state index contributed by atoms with van der Waals surface area (Å²) in [5, 5.41) is 3.92. The summed E-state index contributed by atoms with van der Waals surface area (Å²) >= 11 is 6.39. The van der Waals surface area contributed by atoms with E-state index in [0.29, 0.717) is 68.2 Å². The molecule has 2 aliphatic heterocycles. The van der Waals surface area contributed by atoms with Crippen molar-refractivity contribution in [2.24, 2.45) is 4.99 Å². The Bertz CT molecular complexity index is 908. The number of amides is 1. The smallest absolute Gasteiger partial charge is 0.289 e. The molecule has 9 heteroatoms. The Balaban J connectivity index is 1.34. The van der Waals surface area contributed by atoms with Gasteiger partial charge in [0.25, 0.3) is 5.91 Å². The van der Waals surface area contributed by atoms with Crippen molar-refractivity contribution in [3.8, 4) is 11.5 Å². The summed E-state index contributed by atoms with van der Waals surface area (Å²) in [4.78, 5) is 20.7. The van der Waals surface area contributed by atoms with Crippen LogP contribution in [0.1, 0.15) is 22.5 Å². The zero-order valence-corrected chi connectivity index (χ0v) is 17.7. The molecular weight excluding hydrogens is 408 g/mol. The summed E-state index contributed by atoms with van der Waals surface area (Å²) in [6.45, 7) is 4.36. The third kappa shape index (κ3) is 4.48. The number of aliphatic imine (C=N–C) groups is 1. The molecule has 8 nitrogen and oxygen atoms in total. The maximum atomic E-state index is 12.4. The standard InChI is InChI=1S/C21H25ClN4O4/c1-23-21(26-7-5-25(6-8-26)20(27)17-4-2-9-28-17)24-14-15-12-16(22)19-18(13-15)29-10-3-11-30-19/h2,4,9,12-13H,3,5-8,10-11,14H2,1H3,(H,23,24). The van der Waals surface area contributed by atoms with Gasteiger partial charge in [-0.25, -0.2) is 0 Å². The van der Waals surface area contributed by atoms with E-state index in [1.807, 2.05) is 12.1 Å². The number of furan rings is 1. The number of rotatable bonds is 3. The lowest BCUT2D eigenvalue weighted by molar-refractivity contribution is 0.0657. The first-order valence-corrected chi connectivity index (χ1v) is 10.4. The molecule has 1 saturated heterocycles. The number of nitrogens with zero attached hydrogens (tertiary/aromatic N) is 3. The lowest BCUT2D eigenvalue weighted by Crippen LogP contribution is -2.53. The summed E-state index contributed by atoms with van der Waals surface area (Å²) in [5.41, 5.74) is 0.983. The zero-order chi connectivity index (χ0) is 20.9. The molecule has 1 aromatic heterocycles. The molecule has 30 heavy (non-hydrogen) atoms. The van der Waals surface area contributed by atoms with E-state index in [1.54, 1.807) is 24.1 Å². The van der Waals surface area contributed by atoms with Gasteiger partial charge in [-0.2, -0.15) is 0 Å². The Morgan fingerprint density at radius 1 is 1.17 bits per heavy atom. The van der Waals surface area contributed by atoms with Crippen LogP contribution in [0.3, 0.4) is 0 Å². The van der Waals surface area contributed by atoms with Crippen LogP contribution in [0, 0.1) is 0 Å². The molecule has 0 radical (unpaired) electrons. The molecule has 1 aromatic carbocycles. The molecule has 1 N–H and O–H groups in total. The summed E-state index contributed by atoms with van der Waals surface area (Å²) in [7, 11) is 1.75. The summed E-state index contributed by atoms with van der Waals surface area (Å²) in [6.07, 6.45) is 2.35. The van der Waals surface area contributed by atoms with Gasteiger partial charge in [-0.1, -0.05) is 11.6 Å². The first-order chi connectivity index (χ1) is 14.7. The number of ether oxygens (including phenoxy) is 2. The highest BCUT2D eigenvalue weighted by atomic mass is 35.5. The Hall–Kier alpha value is -2.87. The van der Waals surface area contributed by atoms with Crippen LogP contribution in [-0.4, -0.2) is 68.1 Å². The van der Waals surface area contributed by atoms with E-state index < -0.39 is 0 Å². The van der Waals surface area contributed by atoms with Gasteiger partial charge in [0.1, 0.15) is 0 Å². The normalized spacial score (nSPS) is 16.9. The van der Waals surface area contributed by atoms with Gasteiger partial charge in [-0.3, -0.25) is 9.79 Å². The molecular formula is C21H25ClN4O4. The molecule has 0 unspecified atom stereocenters. The van der Waals surface area contributed by atoms with Gasteiger partial charge in [-0.05, 0) is 29.8 Å². The van der Waals surface area contributed by atoms with Crippen LogP contribution in [-0.2, 0) is 6.54 Å². The quantitative estimate of drug-likeness (QED) is 0.593. The Labute approximate surface area is 180 Å². The van der Waals surface area contributed by atoms with Gasteiger partial charge in [0.2, 0.25) is 0 Å². The van der Waals surface area contributed by atoms with Crippen molar-refractivity contribution in [3.05, 3.63) is 46.9 Å². The van der Waals surface area contributed by atoms with Crippen molar-refractivity contribution in [2.75, 3.05) is 46.4 Å². The number of hydrogen-bond acceptors (Lipinski definition) is 5. The van der Waals surface area contributed by atoms with E-state index in [0.717, 1.165) is 17.9 Å². The van der Waals surface area contributed by atoms with Gasteiger partial charge in [-0.15, -0.1) is 0 Å². The van der Waals surface area contributed by atoms with Gasteiger partial charge in [0, 0.05) is 46.2 Å². The van der Waals surface area contributed by atoms with Crippen LogP contribution < -0.4 is 14.8 Å². The summed E-state index contributed by atoms with van der Waals surface area (Å²) in [6, 6.07) is 7.25. The molecule has 2 aliphatic rings. The van der Waals surface area contributed by atoms with Gasteiger partial charge < -0.3 is 29.0 Å². The van der Waals surface area contributed by atoms with Crippen LogP contribution in [0.2, 0.25) is 5.02 Å². The highest BCUT2D eigenvalue weighted by Gasteiger charge is 2.25. The first kappa shape index (κ1) is 20.4. The molecule has 0 saturated carbocycles. The lowest BCUT2D eigenvalue weighted by Gasteiger charge is -2.36. The Morgan fingerprint density at radius 3 is 2.67 bits per heavy atom. The fourth-order valence-electron chi connectivity index (χ4n) is 3.58. The highest BCUT2D eigenvalue weighted by Crippen LogP contribution is 2.37. The topological polar surface area (TPSA) is 79.5 Å². The average molecular weight is 433 g/mol. The predicted octanol–water partition coefficient (Wildman–Crippen LogP) is 2.63. The fourth-order valence-corrected chi connectivity index (χ4v) is 3.86. The number of piperazine rings is 1. The molecule has 0 aliphatic carbocycles. The molecule has 0 atom stereocenters. The molecule has 160 valence electrons. The Kier molecular flexibility index (Phi) is 6.32. The second kappa shape index (κ2) is 9.30. The van der Waals surface area contributed by atoms with Crippen LogP contribution in [0.5, 0.6) is 11.5 Å². The molecule has 3 heterocycles. The minimum absolute atomic E-state index is 0.0792. The molecule has 1 amide bonds. The number of fused-ring (bicyclic) bond motifs is 1.